The van der Waals surface area contributed by atoms with E-state index >= 15 is 0 Å². The lowest BCUT2D eigenvalue weighted by molar-refractivity contribution is -0.384. The Morgan fingerprint density at radius 3 is 0.750 bits per heavy atom. The highest BCUT2D eigenvalue weighted by Gasteiger charge is 2.27. The lowest BCUT2D eigenvalue weighted by Gasteiger charge is -2.12. The number of aromatic nitrogens is 20. The lowest BCUT2D eigenvalue weighted by Crippen LogP contribution is -2.11. The summed E-state index contributed by atoms with van der Waals surface area (Å²) in [6.07, 6.45) is 0. The average molecular weight is 1960 g/mol. The quantitative estimate of drug-likeness (QED) is 0.0137. The van der Waals surface area contributed by atoms with Crippen molar-refractivity contribution in [3.05, 3.63) is 302 Å². The second kappa shape index (κ2) is 40.8. The van der Waals surface area contributed by atoms with Crippen LogP contribution in [0.1, 0.15) is 40.2 Å². The Labute approximate surface area is 809 Å². The number of benzene rings is 10. The minimum atomic E-state index is -2.94. The first kappa shape index (κ1) is 97.2. The van der Waals surface area contributed by atoms with E-state index in [0.29, 0.717) is 125 Å². The molecular formula is C95H84F7N35O7. The van der Waals surface area contributed by atoms with Gasteiger partial charge in [0.05, 0.1) is 79.2 Å². The molecule has 0 fully saturated rings. The second-order valence-electron chi connectivity index (χ2n) is 31.7. The van der Waals surface area contributed by atoms with Crippen molar-refractivity contribution in [3.8, 4) is 47.0 Å². The summed E-state index contributed by atoms with van der Waals surface area (Å²) in [7, 11) is 3.12. The number of aryl methyl sites for hydroxylation is 7. The molecule has 0 bridgehead atoms. The van der Waals surface area contributed by atoms with Gasteiger partial charge in [-0.05, 0) is 212 Å². The topological polar surface area (TPSA) is 600 Å². The number of hydrogen-bond donors (Lipinski definition) is 13. The van der Waals surface area contributed by atoms with Crippen molar-refractivity contribution in [1.82, 2.24) is 97.6 Å². The van der Waals surface area contributed by atoms with Crippen molar-refractivity contribution in [1.29, 1.82) is 0 Å². The number of ether oxygens (including phenoxy) is 3. The number of methoxy groups -OCH3 is 2. The number of halogens is 7. The van der Waals surface area contributed by atoms with Gasteiger partial charge in [-0.3, -0.25) is 43.1 Å². The van der Waals surface area contributed by atoms with Gasteiger partial charge >= 0.3 is 6.61 Å². The normalized spacial score (nSPS) is 11.0. The van der Waals surface area contributed by atoms with Crippen LogP contribution in [0.3, 0.4) is 0 Å². The molecule has 0 amide bonds. The van der Waals surface area contributed by atoms with Gasteiger partial charge in [0, 0.05) is 69.8 Å². The fourth-order valence-electron chi connectivity index (χ4n) is 14.7. The standard InChI is InChI=1S/C19H16F3N7O.C19H16FN7O3.C19H16FN7O2.C19H18FN7O.C19H18FN7/c1-9-25-13-7-2-10(23)8-14(13)29(9)19-27-16(24)15(20)17(28-19)26-11-3-5-12(6-4-11)30-18(21)22;1-10-22-14-9-12(27(28)29)5-8-15(14)26(10)19-24-17(21)16(20)18(25-19)23-11-3-6-13(30-2)7-4-11;1-10-3-5-12(6-4-10)23-18-16(20)17(21)24-19(25-18)26-11(2)22-14-9-13(27(28)29)7-8-15(14)26;1-10-23-14-8-3-11(21)9-15(14)27(10)19-25-17(22)16(20)18(26-19)24-12-4-6-13(28-2)7-5-12;1-10-3-6-13(7-4-10)24-18-16(20)17(22)25-19(26-18)27-11(2)23-14-8-5-12(21)9-15(14)27/h2-8,18H,23H2,1H3,(H3,24,26,27,28);3-9H,1-2H3,(H3,21,23,24,25);3-9H,1-2H3,(H3,21,23,24,25);3-9H,21H2,1-2H3,(H3,22,24,25,26);3-9H,21H2,1-2H3,(H3,22,24,25,26). The summed E-state index contributed by atoms with van der Waals surface area (Å²) in [5.74, 6) is -1.11. The van der Waals surface area contributed by atoms with Gasteiger partial charge in [-0.2, -0.15) is 80.6 Å². The zero-order valence-electron chi connectivity index (χ0n) is 77.2. The minimum absolute atomic E-state index is 0.00786. The van der Waals surface area contributed by atoms with Crippen LogP contribution in [0.5, 0.6) is 17.2 Å². The molecule has 0 saturated heterocycles. The van der Waals surface area contributed by atoms with Crippen LogP contribution in [0.25, 0.3) is 84.9 Å². The number of non-ortho nitro benzene ring substituents is 2. The largest absolute Gasteiger partial charge is 0.497 e. The predicted molar refractivity (Wildman–Crippen MR) is 533 cm³/mol. The molecule has 10 aromatic heterocycles. The van der Waals surface area contributed by atoms with E-state index in [1.54, 1.807) is 180 Å². The average Bonchev–Trinajstić information content (AvgIpc) is 1.63. The molecule has 0 unspecified atom stereocenters. The summed E-state index contributed by atoms with van der Waals surface area (Å²) in [4.78, 5) is 84.8. The van der Waals surface area contributed by atoms with Crippen LogP contribution in [0.2, 0.25) is 0 Å². The maximum atomic E-state index is 14.6. The maximum absolute atomic E-state index is 14.6. The fourth-order valence-corrected chi connectivity index (χ4v) is 14.7. The van der Waals surface area contributed by atoms with Crippen molar-refractivity contribution in [2.45, 2.75) is 55.1 Å². The highest BCUT2D eigenvalue weighted by molar-refractivity contribution is 5.86. The van der Waals surface area contributed by atoms with Gasteiger partial charge in [-0.15, -0.1) is 0 Å². The Hall–Kier alpha value is -19.9. The molecule has 0 saturated carbocycles. The summed E-state index contributed by atoms with van der Waals surface area (Å²) >= 11 is 0. The van der Waals surface area contributed by atoms with Gasteiger partial charge in [0.1, 0.15) is 46.4 Å². The van der Waals surface area contributed by atoms with Gasteiger partial charge in [0.15, 0.2) is 58.2 Å². The van der Waals surface area contributed by atoms with E-state index in [-0.39, 0.29) is 105 Å². The molecule has 10 heterocycles. The molecule has 144 heavy (non-hydrogen) atoms. The number of rotatable bonds is 21. The number of anilines is 18. The minimum Gasteiger partial charge on any atom is -0.497 e. The molecule has 0 aliphatic rings. The van der Waals surface area contributed by atoms with Crippen LogP contribution < -0.4 is 86.7 Å². The number of nitro groups is 2. The Kier molecular flexibility index (Phi) is 27.5. The van der Waals surface area contributed by atoms with Gasteiger partial charge in [0.2, 0.25) is 58.8 Å². The SMILES string of the molecule is COc1ccc(Nc2nc(-n3c(C)nc4cc([N+](=O)[O-])ccc43)nc(N)c2F)cc1.COc1ccc(Nc2nc(-n3c(C)nc4ccc(N)cc43)nc(N)c2F)cc1.Cc1ccc(Nc2nc(-n3c(C)nc4cc([N+](=O)[O-])ccc43)nc(N)c2F)cc1.Cc1ccc(Nc2nc(-n3c(C)nc4ccc(N)cc43)nc(N)c2F)cc1.Cc1nc2ccc(N)cc2n1-c1nc(N)c(F)c(Nc2ccc(OC(F)F)cc2)n1. The first-order valence-corrected chi connectivity index (χ1v) is 42.9. The Balaban J connectivity index is 0.000000129. The molecule has 0 aliphatic carbocycles. The number of nitrogens with zero attached hydrogens (tertiary/aromatic N) is 22. The van der Waals surface area contributed by atoms with E-state index < -0.39 is 45.5 Å². The molecule has 42 nitrogen and oxygen atoms in total. The summed E-state index contributed by atoms with van der Waals surface area (Å²) in [6, 6.07) is 58.5. The molecule has 730 valence electrons. The van der Waals surface area contributed by atoms with E-state index in [1.165, 1.54) is 54.6 Å². The van der Waals surface area contributed by atoms with Crippen LogP contribution in [0.4, 0.5) is 146 Å². The van der Waals surface area contributed by atoms with Crippen LogP contribution in [0, 0.1) is 97.8 Å². The number of nitro benzene ring substituents is 2. The van der Waals surface area contributed by atoms with E-state index in [2.05, 4.69) is 106 Å². The first-order chi connectivity index (χ1) is 68.9. The third-order valence-electron chi connectivity index (χ3n) is 21.6. The summed E-state index contributed by atoms with van der Waals surface area (Å²) in [5.41, 5.74) is 59.2. The molecule has 0 atom stereocenters. The van der Waals surface area contributed by atoms with Crippen molar-refractivity contribution in [2.24, 2.45) is 0 Å². The van der Waals surface area contributed by atoms with Gasteiger partial charge in [-0.25, -0.2) is 24.9 Å². The lowest BCUT2D eigenvalue weighted by atomic mass is 10.2. The number of fused-ring (bicyclic) bond motifs is 5. The van der Waals surface area contributed by atoms with E-state index in [0.717, 1.165) is 27.7 Å². The summed E-state index contributed by atoms with van der Waals surface area (Å²) < 4.78 is 120. The zero-order chi connectivity index (χ0) is 102. The zero-order valence-corrected chi connectivity index (χ0v) is 77.2. The number of alkyl halides is 2. The van der Waals surface area contributed by atoms with Gasteiger partial charge < -0.3 is 86.7 Å². The number of hydrogen-bond acceptors (Lipinski definition) is 35. The van der Waals surface area contributed by atoms with Crippen molar-refractivity contribution in [3.63, 3.8) is 0 Å². The van der Waals surface area contributed by atoms with Crippen LogP contribution >= 0.6 is 0 Å². The molecule has 10 aromatic carbocycles. The highest BCUT2D eigenvalue weighted by Crippen LogP contribution is 2.36. The van der Waals surface area contributed by atoms with Crippen LogP contribution in [0.15, 0.2) is 212 Å². The molecule has 0 radical (unpaired) electrons. The third kappa shape index (κ3) is 21.1. The molecule has 0 spiro atoms. The second-order valence-corrected chi connectivity index (χ2v) is 31.7. The van der Waals surface area contributed by atoms with Crippen molar-refractivity contribution >= 4 is 170 Å². The van der Waals surface area contributed by atoms with E-state index in [9.17, 15) is 51.0 Å². The monoisotopic (exact) mass is 1960 g/mol. The maximum Gasteiger partial charge on any atom is 0.387 e. The number of imidazole rings is 5. The van der Waals surface area contributed by atoms with E-state index in [1.807, 2.05) is 63.2 Å². The van der Waals surface area contributed by atoms with Crippen molar-refractivity contribution in [2.75, 3.05) is 86.7 Å². The van der Waals surface area contributed by atoms with E-state index in [4.69, 9.17) is 55.3 Å². The first-order valence-electron chi connectivity index (χ1n) is 42.9. The predicted octanol–water partition coefficient (Wildman–Crippen LogP) is 17.7. The number of nitrogens with one attached hydrogen (secondary N) is 5. The van der Waals surface area contributed by atoms with Gasteiger partial charge in [-0.1, -0.05) is 35.4 Å². The Morgan fingerprint density at radius 2 is 0.514 bits per heavy atom. The van der Waals surface area contributed by atoms with Gasteiger partial charge in [0.25, 0.3) is 11.4 Å². The van der Waals surface area contributed by atoms with Crippen LogP contribution in [-0.4, -0.2) is 128 Å². The molecule has 20 rings (SSSR count). The third-order valence-corrected chi connectivity index (χ3v) is 21.6. The molecule has 0 aliphatic heterocycles. The highest BCUT2D eigenvalue weighted by atomic mass is 19.3. The number of nitrogen functional groups attached to an aromatic ring is 8. The molecule has 49 heteroatoms. The number of nitrogens with two attached hydrogens (primary N) is 8. The Bertz CT molecular complexity index is 8300. The molecule has 20 aromatic rings. The van der Waals surface area contributed by atoms with Crippen molar-refractivity contribution < 1.29 is 54.8 Å². The summed E-state index contributed by atoms with van der Waals surface area (Å²) in [5, 5.41) is 36.5. The fraction of sp³-hybridized carbons (Fsp3) is 0.105. The Morgan fingerprint density at radius 1 is 0.285 bits per heavy atom. The molecular weight excluding hydrogens is 1880 g/mol. The summed E-state index contributed by atoms with van der Waals surface area (Å²) in [6.45, 7) is 9.72. The molecule has 21 N–H and O–H groups in total. The van der Waals surface area contributed by atoms with Crippen LogP contribution in [-0.2, 0) is 0 Å². The smallest absolute Gasteiger partial charge is 0.387 e.